The number of rotatable bonds is 3. The van der Waals surface area contributed by atoms with Crippen LogP contribution in [-0.2, 0) is 14.7 Å². The topological polar surface area (TPSA) is 129 Å². The van der Waals surface area contributed by atoms with Crippen LogP contribution in [0, 0.1) is 6.92 Å². The van der Waals surface area contributed by atoms with Crippen LogP contribution in [0.3, 0.4) is 0 Å². The summed E-state index contributed by atoms with van der Waals surface area (Å²) >= 11 is 0. The molecule has 1 aromatic rings. The number of aryl methyl sites for hydroxylation is 1. The molecule has 21 heavy (non-hydrogen) atoms. The SMILES string of the molecule is Cc1nc([C@H]2CC[C@@H]3CN2C(=O)N3OS(=O)(=O)[O-])no1.[Na+]. The smallest absolute Gasteiger partial charge is 0.724 e. The van der Waals surface area contributed by atoms with E-state index in [2.05, 4.69) is 14.4 Å². The van der Waals surface area contributed by atoms with Crippen molar-refractivity contribution in [2.45, 2.75) is 31.8 Å². The fourth-order valence-corrected chi connectivity index (χ4v) is 2.93. The number of urea groups is 1. The van der Waals surface area contributed by atoms with Crippen molar-refractivity contribution < 1.29 is 56.1 Å². The van der Waals surface area contributed by atoms with Crippen molar-refractivity contribution in [1.82, 2.24) is 20.1 Å². The summed E-state index contributed by atoms with van der Waals surface area (Å²) in [6.07, 6.45) is 1.02. The molecule has 0 saturated carbocycles. The number of amides is 2. The molecule has 3 heterocycles. The Kier molecular flexibility index (Phi) is 4.61. The largest absolute Gasteiger partial charge is 1.00 e. The van der Waals surface area contributed by atoms with Gasteiger partial charge in [-0.05, 0) is 12.8 Å². The van der Waals surface area contributed by atoms with Crippen molar-refractivity contribution in [1.29, 1.82) is 0 Å². The summed E-state index contributed by atoms with van der Waals surface area (Å²) in [6, 6.07) is -1.55. The maximum absolute atomic E-state index is 12.1. The van der Waals surface area contributed by atoms with Crippen molar-refractivity contribution >= 4 is 16.4 Å². The molecule has 2 bridgehead atoms. The summed E-state index contributed by atoms with van der Waals surface area (Å²) in [6.45, 7) is 1.89. The van der Waals surface area contributed by atoms with E-state index in [4.69, 9.17) is 4.52 Å². The first-order valence-corrected chi connectivity index (χ1v) is 7.24. The number of hydrogen-bond acceptors (Lipinski definition) is 8. The van der Waals surface area contributed by atoms with Crippen LogP contribution in [0.5, 0.6) is 0 Å². The van der Waals surface area contributed by atoms with Crippen LogP contribution in [-0.4, -0.2) is 51.7 Å². The third kappa shape index (κ3) is 3.22. The summed E-state index contributed by atoms with van der Waals surface area (Å²) in [5, 5.41) is 4.39. The molecule has 2 saturated heterocycles. The summed E-state index contributed by atoms with van der Waals surface area (Å²) in [5.41, 5.74) is 0. The van der Waals surface area contributed by atoms with E-state index < -0.39 is 28.5 Å². The van der Waals surface area contributed by atoms with E-state index >= 15 is 0 Å². The molecule has 2 atom stereocenters. The molecule has 0 N–H and O–H groups in total. The second kappa shape index (κ2) is 5.82. The van der Waals surface area contributed by atoms with E-state index in [0.717, 1.165) is 0 Å². The Labute approximate surface area is 142 Å². The Hall–Kier alpha value is -0.720. The molecule has 110 valence electrons. The minimum absolute atomic E-state index is 0. The van der Waals surface area contributed by atoms with E-state index in [1.165, 1.54) is 4.90 Å². The van der Waals surface area contributed by atoms with Crippen LogP contribution in [0.1, 0.15) is 30.6 Å². The maximum atomic E-state index is 12.1. The average molecular weight is 326 g/mol. The molecule has 2 amide bonds. The molecule has 0 spiro atoms. The molecule has 0 aromatic carbocycles. The third-order valence-electron chi connectivity index (χ3n) is 3.34. The van der Waals surface area contributed by atoms with Crippen LogP contribution in [0.15, 0.2) is 4.52 Å². The minimum atomic E-state index is -4.98. The Bertz CT molecular complexity index is 648. The first kappa shape index (κ1) is 16.6. The fourth-order valence-electron chi connectivity index (χ4n) is 2.55. The van der Waals surface area contributed by atoms with Crippen LogP contribution in [0.25, 0.3) is 0 Å². The van der Waals surface area contributed by atoms with Crippen LogP contribution < -0.4 is 29.6 Å². The molecule has 2 fully saturated rings. The molecule has 0 unspecified atom stereocenters. The van der Waals surface area contributed by atoms with E-state index in [-0.39, 0.29) is 36.1 Å². The fraction of sp³-hybridized carbons (Fsp3) is 0.667. The Morgan fingerprint density at radius 3 is 2.71 bits per heavy atom. The Morgan fingerprint density at radius 2 is 2.14 bits per heavy atom. The van der Waals surface area contributed by atoms with Crippen molar-refractivity contribution in [2.75, 3.05) is 6.54 Å². The first-order chi connectivity index (χ1) is 9.35. The maximum Gasteiger partial charge on any atom is 1.00 e. The molecule has 0 radical (unpaired) electrons. The molecule has 2 aliphatic heterocycles. The number of carbonyl (C=O) groups is 1. The van der Waals surface area contributed by atoms with Crippen LogP contribution >= 0.6 is 0 Å². The number of hydrogen-bond donors (Lipinski definition) is 0. The summed E-state index contributed by atoms with van der Waals surface area (Å²) in [4.78, 5) is 17.5. The predicted molar refractivity (Wildman–Crippen MR) is 59.5 cm³/mol. The standard InChI is InChI=1S/C9H12N4O6S.Na/c1-5-10-8(11-18-5)7-3-2-6-4-12(7)9(14)13(6)19-20(15,16)17;/h6-7H,2-4H2,1H3,(H,15,16,17);/q;+1/p-1/t6-,7-;/m1./s1. The number of carbonyl (C=O) groups excluding carboxylic acids is 1. The molecular formula is C9H11N4NaO6S. The van der Waals surface area contributed by atoms with Crippen molar-refractivity contribution in [3.05, 3.63) is 11.7 Å². The normalized spacial score (nSPS) is 25.1. The van der Waals surface area contributed by atoms with Crippen LogP contribution in [0.4, 0.5) is 4.79 Å². The summed E-state index contributed by atoms with van der Waals surface area (Å²) < 4.78 is 41.0. The monoisotopic (exact) mass is 326 g/mol. The minimum Gasteiger partial charge on any atom is -0.724 e. The van der Waals surface area contributed by atoms with Gasteiger partial charge < -0.3 is 14.0 Å². The average Bonchev–Trinajstić information content (AvgIpc) is 2.88. The molecule has 3 rings (SSSR count). The van der Waals surface area contributed by atoms with E-state index in [1.54, 1.807) is 6.92 Å². The zero-order valence-corrected chi connectivity index (χ0v) is 14.2. The number of piperidine rings is 1. The van der Waals surface area contributed by atoms with Crippen molar-refractivity contribution in [3.63, 3.8) is 0 Å². The van der Waals surface area contributed by atoms with Gasteiger partial charge in [0, 0.05) is 13.5 Å². The number of aromatic nitrogens is 2. The zero-order chi connectivity index (χ0) is 14.5. The zero-order valence-electron chi connectivity index (χ0n) is 11.4. The summed E-state index contributed by atoms with van der Waals surface area (Å²) in [5.74, 6) is 0.741. The second-order valence-electron chi connectivity index (χ2n) is 4.66. The molecule has 2 aliphatic rings. The van der Waals surface area contributed by atoms with Gasteiger partial charge in [0.2, 0.25) is 16.3 Å². The van der Waals surface area contributed by atoms with Gasteiger partial charge in [-0.1, -0.05) is 5.16 Å². The molecule has 10 nitrogen and oxygen atoms in total. The van der Waals surface area contributed by atoms with Gasteiger partial charge in [0.05, 0.1) is 12.1 Å². The predicted octanol–water partition coefficient (Wildman–Crippen LogP) is -3.29. The van der Waals surface area contributed by atoms with E-state index in [0.29, 0.717) is 29.6 Å². The Morgan fingerprint density at radius 1 is 1.43 bits per heavy atom. The number of fused-ring (bicyclic) bond motifs is 2. The van der Waals surface area contributed by atoms with Gasteiger partial charge in [0.25, 0.3) is 0 Å². The van der Waals surface area contributed by atoms with Gasteiger partial charge in [-0.2, -0.15) is 14.3 Å². The Balaban J connectivity index is 0.00000161. The molecule has 12 heteroatoms. The van der Waals surface area contributed by atoms with Gasteiger partial charge >= 0.3 is 35.6 Å². The van der Waals surface area contributed by atoms with Crippen LogP contribution in [0.2, 0.25) is 0 Å². The number of nitrogens with zero attached hydrogens (tertiary/aromatic N) is 4. The van der Waals surface area contributed by atoms with Crippen molar-refractivity contribution in [3.8, 4) is 0 Å². The summed E-state index contributed by atoms with van der Waals surface area (Å²) in [7, 11) is -4.98. The third-order valence-corrected chi connectivity index (χ3v) is 3.68. The van der Waals surface area contributed by atoms with E-state index in [1.807, 2.05) is 0 Å². The van der Waals surface area contributed by atoms with Gasteiger partial charge in [0.15, 0.2) is 5.82 Å². The first-order valence-electron chi connectivity index (χ1n) is 5.90. The van der Waals surface area contributed by atoms with Gasteiger partial charge in [-0.15, -0.1) is 0 Å². The quantitative estimate of drug-likeness (QED) is 0.321. The van der Waals surface area contributed by atoms with Gasteiger partial charge in [-0.25, -0.2) is 13.2 Å². The molecular weight excluding hydrogens is 315 g/mol. The van der Waals surface area contributed by atoms with Crippen molar-refractivity contribution in [2.24, 2.45) is 0 Å². The second-order valence-corrected chi connectivity index (χ2v) is 5.63. The van der Waals surface area contributed by atoms with Gasteiger partial charge in [-0.3, -0.25) is 0 Å². The van der Waals surface area contributed by atoms with E-state index in [9.17, 15) is 17.8 Å². The molecule has 1 aromatic heterocycles. The van der Waals surface area contributed by atoms with Gasteiger partial charge in [0.1, 0.15) is 0 Å². The number of hydroxylamine groups is 2. The molecule has 0 aliphatic carbocycles.